The second kappa shape index (κ2) is 6.85. The molecule has 0 atom stereocenters. The molecule has 5 nitrogen and oxygen atoms in total. The van der Waals surface area contributed by atoms with Gasteiger partial charge in [-0.3, -0.25) is 0 Å². The molecule has 1 heterocycles. The molecule has 1 N–H and O–H groups in total. The number of hydrogen-bond donors (Lipinski definition) is 1. The second-order valence-corrected chi connectivity index (χ2v) is 5.27. The van der Waals surface area contributed by atoms with Crippen LogP contribution < -0.4 is 5.32 Å². The number of nitrogens with zero attached hydrogens (tertiary/aromatic N) is 4. The highest BCUT2D eigenvalue weighted by molar-refractivity contribution is 5.53. The van der Waals surface area contributed by atoms with Gasteiger partial charge in [0.15, 0.2) is 0 Å². The van der Waals surface area contributed by atoms with Crippen molar-refractivity contribution in [1.82, 2.24) is 20.2 Å². The summed E-state index contributed by atoms with van der Waals surface area (Å²) in [5.74, 6) is 0. The third kappa shape index (κ3) is 3.49. The van der Waals surface area contributed by atoms with E-state index in [4.69, 9.17) is 0 Å². The number of benzene rings is 2. The number of aromatic nitrogens is 4. The highest BCUT2D eigenvalue weighted by Crippen LogP contribution is 2.17. The molecule has 0 spiro atoms. The van der Waals surface area contributed by atoms with Gasteiger partial charge in [0, 0.05) is 12.2 Å². The molecule has 0 unspecified atom stereocenters. The standard InChI is InChI=1S/C17H19N5/c1-14-12-16(9-10-17(14)22-13-19-20-21-22)18-11-5-8-15-6-3-2-4-7-15/h2-4,6-7,9-10,12-13,18H,5,8,11H2,1H3. The van der Waals surface area contributed by atoms with Gasteiger partial charge < -0.3 is 5.32 Å². The molecular weight excluding hydrogens is 274 g/mol. The Balaban J connectivity index is 1.54. The highest BCUT2D eigenvalue weighted by Gasteiger charge is 2.03. The maximum atomic E-state index is 3.92. The molecule has 1 aromatic heterocycles. The fourth-order valence-corrected chi connectivity index (χ4v) is 2.46. The van der Waals surface area contributed by atoms with Gasteiger partial charge >= 0.3 is 0 Å². The van der Waals surface area contributed by atoms with Crippen molar-refractivity contribution >= 4 is 5.69 Å². The Morgan fingerprint density at radius 1 is 1.09 bits per heavy atom. The van der Waals surface area contributed by atoms with E-state index in [2.05, 4.69) is 70.2 Å². The SMILES string of the molecule is Cc1cc(NCCCc2ccccc2)ccc1-n1cnnn1. The van der Waals surface area contributed by atoms with Crippen molar-refractivity contribution in [2.24, 2.45) is 0 Å². The summed E-state index contributed by atoms with van der Waals surface area (Å²) in [5.41, 5.74) is 4.65. The molecule has 0 aliphatic rings. The van der Waals surface area contributed by atoms with Gasteiger partial charge in [0.05, 0.1) is 5.69 Å². The molecule has 0 aliphatic carbocycles. The van der Waals surface area contributed by atoms with Crippen molar-refractivity contribution in [3.05, 3.63) is 66.0 Å². The summed E-state index contributed by atoms with van der Waals surface area (Å²) >= 11 is 0. The molecule has 5 heteroatoms. The molecular formula is C17H19N5. The molecule has 0 fully saturated rings. The minimum atomic E-state index is 0.957. The molecule has 3 rings (SSSR count). The number of aryl methyl sites for hydroxylation is 2. The van der Waals surface area contributed by atoms with Crippen LogP contribution in [-0.2, 0) is 6.42 Å². The Hall–Kier alpha value is -2.69. The maximum absolute atomic E-state index is 3.92. The molecule has 0 bridgehead atoms. The van der Waals surface area contributed by atoms with E-state index in [1.165, 1.54) is 5.56 Å². The summed E-state index contributed by atoms with van der Waals surface area (Å²) in [5, 5.41) is 14.7. The van der Waals surface area contributed by atoms with Crippen molar-refractivity contribution in [2.45, 2.75) is 19.8 Å². The second-order valence-electron chi connectivity index (χ2n) is 5.27. The summed E-state index contributed by atoms with van der Waals surface area (Å²) in [6, 6.07) is 16.8. The summed E-state index contributed by atoms with van der Waals surface area (Å²) in [6.45, 7) is 3.02. The molecule has 0 saturated heterocycles. The first-order valence-corrected chi connectivity index (χ1v) is 7.45. The zero-order valence-electron chi connectivity index (χ0n) is 12.6. The Morgan fingerprint density at radius 3 is 2.68 bits per heavy atom. The lowest BCUT2D eigenvalue weighted by molar-refractivity contribution is 0.785. The Morgan fingerprint density at radius 2 is 1.95 bits per heavy atom. The summed E-state index contributed by atoms with van der Waals surface area (Å²) in [7, 11) is 0. The normalized spacial score (nSPS) is 10.6. The van der Waals surface area contributed by atoms with Gasteiger partial charge in [-0.2, -0.15) is 0 Å². The quantitative estimate of drug-likeness (QED) is 0.710. The molecule has 0 amide bonds. The van der Waals surface area contributed by atoms with Crippen LogP contribution in [0, 0.1) is 6.92 Å². The first-order valence-electron chi connectivity index (χ1n) is 7.45. The van der Waals surface area contributed by atoms with Crippen LogP contribution in [0.5, 0.6) is 0 Å². The zero-order chi connectivity index (χ0) is 15.2. The number of rotatable bonds is 6. The van der Waals surface area contributed by atoms with Crippen molar-refractivity contribution in [3.63, 3.8) is 0 Å². The smallest absolute Gasteiger partial charge is 0.143 e. The van der Waals surface area contributed by atoms with E-state index in [9.17, 15) is 0 Å². The third-order valence-corrected chi connectivity index (χ3v) is 3.61. The lowest BCUT2D eigenvalue weighted by Crippen LogP contribution is -2.04. The van der Waals surface area contributed by atoms with E-state index in [1.807, 2.05) is 6.07 Å². The highest BCUT2D eigenvalue weighted by atomic mass is 15.5. The van der Waals surface area contributed by atoms with Crippen LogP contribution >= 0.6 is 0 Å². The van der Waals surface area contributed by atoms with Crippen molar-refractivity contribution in [2.75, 3.05) is 11.9 Å². The number of anilines is 1. The molecule has 112 valence electrons. The van der Waals surface area contributed by atoms with E-state index in [0.717, 1.165) is 36.3 Å². The lowest BCUT2D eigenvalue weighted by Gasteiger charge is -2.10. The Bertz CT molecular complexity index is 707. The molecule has 0 aliphatic heterocycles. The lowest BCUT2D eigenvalue weighted by atomic mass is 10.1. The van der Waals surface area contributed by atoms with Gasteiger partial charge in [-0.1, -0.05) is 30.3 Å². The molecule has 22 heavy (non-hydrogen) atoms. The Kier molecular flexibility index (Phi) is 4.44. The van der Waals surface area contributed by atoms with Crippen LogP contribution in [0.1, 0.15) is 17.5 Å². The van der Waals surface area contributed by atoms with Crippen LogP contribution in [0.2, 0.25) is 0 Å². The predicted octanol–water partition coefficient (Wildman–Crippen LogP) is 3.02. The maximum Gasteiger partial charge on any atom is 0.143 e. The van der Waals surface area contributed by atoms with Gasteiger partial charge in [-0.15, -0.1) is 5.10 Å². The summed E-state index contributed by atoms with van der Waals surface area (Å²) in [4.78, 5) is 0. The average Bonchev–Trinajstić information content (AvgIpc) is 3.07. The first kappa shape index (κ1) is 14.3. The van der Waals surface area contributed by atoms with Crippen molar-refractivity contribution in [3.8, 4) is 5.69 Å². The van der Waals surface area contributed by atoms with Gasteiger partial charge in [0.1, 0.15) is 6.33 Å². The molecule has 2 aromatic carbocycles. The van der Waals surface area contributed by atoms with E-state index in [-0.39, 0.29) is 0 Å². The zero-order valence-corrected chi connectivity index (χ0v) is 12.6. The van der Waals surface area contributed by atoms with E-state index in [0.29, 0.717) is 0 Å². The predicted molar refractivity (Wildman–Crippen MR) is 87.1 cm³/mol. The van der Waals surface area contributed by atoms with Crippen molar-refractivity contribution in [1.29, 1.82) is 0 Å². The fourth-order valence-electron chi connectivity index (χ4n) is 2.46. The summed E-state index contributed by atoms with van der Waals surface area (Å²) < 4.78 is 1.68. The van der Waals surface area contributed by atoms with Crippen LogP contribution in [0.25, 0.3) is 5.69 Å². The van der Waals surface area contributed by atoms with E-state index >= 15 is 0 Å². The largest absolute Gasteiger partial charge is 0.385 e. The summed E-state index contributed by atoms with van der Waals surface area (Å²) in [6.07, 6.45) is 3.81. The fraction of sp³-hybridized carbons (Fsp3) is 0.235. The first-order chi connectivity index (χ1) is 10.8. The topological polar surface area (TPSA) is 55.6 Å². The van der Waals surface area contributed by atoms with Gasteiger partial charge in [-0.25, -0.2) is 4.68 Å². The monoisotopic (exact) mass is 293 g/mol. The average molecular weight is 293 g/mol. The molecule has 0 saturated carbocycles. The molecule has 3 aromatic rings. The van der Waals surface area contributed by atoms with E-state index in [1.54, 1.807) is 11.0 Å². The van der Waals surface area contributed by atoms with Crippen molar-refractivity contribution < 1.29 is 0 Å². The minimum Gasteiger partial charge on any atom is -0.385 e. The number of tetrazole rings is 1. The van der Waals surface area contributed by atoms with Crippen LogP contribution in [0.4, 0.5) is 5.69 Å². The van der Waals surface area contributed by atoms with Crippen LogP contribution in [0.3, 0.4) is 0 Å². The molecule has 0 radical (unpaired) electrons. The van der Waals surface area contributed by atoms with Gasteiger partial charge in [0.2, 0.25) is 0 Å². The minimum absolute atomic E-state index is 0.957. The third-order valence-electron chi connectivity index (χ3n) is 3.61. The van der Waals surface area contributed by atoms with Gasteiger partial charge in [0.25, 0.3) is 0 Å². The number of hydrogen-bond acceptors (Lipinski definition) is 4. The Labute approximate surface area is 130 Å². The van der Waals surface area contributed by atoms with Crippen LogP contribution in [0.15, 0.2) is 54.9 Å². The van der Waals surface area contributed by atoms with Gasteiger partial charge in [-0.05, 0) is 59.5 Å². The van der Waals surface area contributed by atoms with Crippen LogP contribution in [-0.4, -0.2) is 26.8 Å². The van der Waals surface area contributed by atoms with E-state index < -0.39 is 0 Å². The number of nitrogens with one attached hydrogen (secondary N) is 1.